The van der Waals surface area contributed by atoms with E-state index in [1.165, 1.54) is 18.5 Å². The second-order valence-corrected chi connectivity index (χ2v) is 9.18. The Hall–Kier alpha value is -2.53. The first-order chi connectivity index (χ1) is 14.5. The maximum Gasteiger partial charge on any atom is 0.261 e. The number of rotatable bonds is 4. The molecule has 1 saturated heterocycles. The predicted octanol–water partition coefficient (Wildman–Crippen LogP) is 4.11. The van der Waals surface area contributed by atoms with Gasteiger partial charge in [0.05, 0.1) is 17.9 Å². The average Bonchev–Trinajstić information content (AvgIpc) is 3.60. The zero-order valence-electron chi connectivity index (χ0n) is 18.3. The van der Waals surface area contributed by atoms with Crippen molar-refractivity contribution in [2.24, 2.45) is 0 Å². The lowest BCUT2D eigenvalue weighted by Crippen LogP contribution is -2.49. The van der Waals surface area contributed by atoms with Crippen LogP contribution in [0, 0.1) is 6.92 Å². The van der Waals surface area contributed by atoms with Crippen LogP contribution in [0.25, 0.3) is 0 Å². The van der Waals surface area contributed by atoms with Crippen LogP contribution in [-0.4, -0.2) is 55.7 Å². The summed E-state index contributed by atoms with van der Waals surface area (Å²) in [4.78, 5) is 23.0. The third kappa shape index (κ3) is 3.45. The molecule has 2 aromatic rings. The van der Waals surface area contributed by atoms with Crippen molar-refractivity contribution >= 4 is 23.0 Å². The molecule has 5 rings (SSSR count). The fourth-order valence-electron chi connectivity index (χ4n) is 4.83. The molecule has 3 aliphatic rings. The summed E-state index contributed by atoms with van der Waals surface area (Å²) in [5.74, 6) is 0.124. The number of nitrogens with zero attached hydrogens (tertiary/aromatic N) is 4. The number of carbonyl (C=O) groups excluding carboxylic acids is 1. The molecule has 0 N–H and O–H groups in total. The minimum absolute atomic E-state index is 0.124. The maximum atomic E-state index is 13.6. The van der Waals surface area contributed by atoms with Gasteiger partial charge in [-0.3, -0.25) is 14.6 Å². The third-order valence-electron chi connectivity index (χ3n) is 6.86. The Bertz CT molecular complexity index is 944. The number of hydrogen-bond donors (Lipinski definition) is 0. The van der Waals surface area contributed by atoms with Crippen LogP contribution in [0.2, 0.25) is 0 Å². The molecule has 5 heteroatoms. The third-order valence-corrected chi connectivity index (χ3v) is 6.86. The van der Waals surface area contributed by atoms with Crippen molar-refractivity contribution in [3.63, 3.8) is 0 Å². The smallest absolute Gasteiger partial charge is 0.261 e. The highest BCUT2D eigenvalue weighted by molar-refractivity contribution is 6.12. The second-order valence-electron chi connectivity index (χ2n) is 9.18. The van der Waals surface area contributed by atoms with E-state index in [-0.39, 0.29) is 5.91 Å². The zero-order valence-corrected chi connectivity index (χ0v) is 18.3. The molecular weight excluding hydrogens is 372 g/mol. The molecule has 0 spiro atoms. The molecule has 0 radical (unpaired) electrons. The maximum absolute atomic E-state index is 13.6. The Morgan fingerprint density at radius 2 is 1.67 bits per heavy atom. The van der Waals surface area contributed by atoms with Crippen LogP contribution in [0.3, 0.4) is 0 Å². The van der Waals surface area contributed by atoms with Crippen molar-refractivity contribution in [1.29, 1.82) is 0 Å². The van der Waals surface area contributed by atoms with Crippen molar-refractivity contribution in [3.8, 4) is 0 Å². The Morgan fingerprint density at radius 1 is 0.933 bits per heavy atom. The fourth-order valence-corrected chi connectivity index (χ4v) is 4.83. The van der Waals surface area contributed by atoms with E-state index in [9.17, 15) is 4.79 Å². The normalized spacial score (nSPS) is 20.1. The number of para-hydroxylation sites is 1. The molecule has 5 nitrogen and oxygen atoms in total. The van der Waals surface area contributed by atoms with Crippen molar-refractivity contribution in [3.05, 3.63) is 53.6 Å². The van der Waals surface area contributed by atoms with Gasteiger partial charge in [-0.2, -0.15) is 0 Å². The van der Waals surface area contributed by atoms with E-state index in [4.69, 9.17) is 0 Å². The molecule has 0 aromatic heterocycles. The lowest BCUT2D eigenvalue weighted by atomic mass is 10.0. The molecule has 2 fully saturated rings. The molecule has 1 saturated carbocycles. The quantitative estimate of drug-likeness (QED) is 0.767. The Labute approximate surface area is 179 Å². The van der Waals surface area contributed by atoms with E-state index >= 15 is 0 Å². The number of hydrogen-bond acceptors (Lipinski definition) is 4. The molecule has 0 bridgehead atoms. The Balaban J connectivity index is 1.47. The van der Waals surface area contributed by atoms with Crippen LogP contribution >= 0.6 is 0 Å². The van der Waals surface area contributed by atoms with Gasteiger partial charge >= 0.3 is 0 Å². The number of carbonyl (C=O) groups is 1. The van der Waals surface area contributed by atoms with Gasteiger partial charge in [-0.1, -0.05) is 18.2 Å². The largest absolute Gasteiger partial charge is 0.369 e. The first-order valence-corrected chi connectivity index (χ1v) is 11.3. The second kappa shape index (κ2) is 7.62. The van der Waals surface area contributed by atoms with E-state index in [1.807, 2.05) is 17.0 Å². The monoisotopic (exact) mass is 404 g/mol. The Kier molecular flexibility index (Phi) is 4.94. The first-order valence-electron chi connectivity index (χ1n) is 11.3. The van der Waals surface area contributed by atoms with Gasteiger partial charge in [-0.15, -0.1) is 0 Å². The summed E-state index contributed by atoms with van der Waals surface area (Å²) in [7, 11) is 0. The Morgan fingerprint density at radius 3 is 2.33 bits per heavy atom. The van der Waals surface area contributed by atoms with Crippen molar-refractivity contribution in [2.45, 2.75) is 45.7 Å². The van der Waals surface area contributed by atoms with Crippen molar-refractivity contribution in [1.82, 2.24) is 4.90 Å². The average molecular weight is 405 g/mol. The van der Waals surface area contributed by atoms with Gasteiger partial charge in [-0.25, -0.2) is 0 Å². The standard InChI is InChI=1S/C25H32N4O/c1-18(2)26-12-14-27(15-13-26)21-10-11-24-22(16-21)25(30)29(17-28(24)20-8-9-20)23-7-5-4-6-19(23)3/h4-7,10-11,16,18,20H,8-9,12-15,17H2,1-3H3. The molecule has 2 aliphatic heterocycles. The number of anilines is 3. The number of amides is 1. The summed E-state index contributed by atoms with van der Waals surface area (Å²) in [5.41, 5.74) is 5.30. The molecule has 1 amide bonds. The summed E-state index contributed by atoms with van der Waals surface area (Å²) in [6.45, 7) is 11.4. The van der Waals surface area contributed by atoms with Crippen LogP contribution in [0.15, 0.2) is 42.5 Å². The highest BCUT2D eigenvalue weighted by atomic mass is 16.2. The molecule has 2 heterocycles. The van der Waals surface area contributed by atoms with Crippen LogP contribution in [0.1, 0.15) is 42.6 Å². The van der Waals surface area contributed by atoms with Crippen LogP contribution in [0.4, 0.5) is 17.1 Å². The van der Waals surface area contributed by atoms with Crippen molar-refractivity contribution < 1.29 is 4.79 Å². The van der Waals surface area contributed by atoms with E-state index in [0.717, 1.165) is 48.7 Å². The van der Waals surface area contributed by atoms with Gasteiger partial charge in [0, 0.05) is 49.6 Å². The molecule has 0 atom stereocenters. The van der Waals surface area contributed by atoms with Crippen LogP contribution in [0.5, 0.6) is 0 Å². The van der Waals surface area contributed by atoms with Crippen LogP contribution < -0.4 is 14.7 Å². The molecule has 1 aliphatic carbocycles. The van der Waals surface area contributed by atoms with E-state index in [0.29, 0.717) is 18.8 Å². The van der Waals surface area contributed by atoms with E-state index in [1.54, 1.807) is 0 Å². The van der Waals surface area contributed by atoms with Crippen molar-refractivity contribution in [2.75, 3.05) is 47.5 Å². The van der Waals surface area contributed by atoms with Gasteiger partial charge in [-0.05, 0) is 63.4 Å². The van der Waals surface area contributed by atoms with E-state index in [2.05, 4.69) is 65.8 Å². The summed E-state index contributed by atoms with van der Waals surface area (Å²) >= 11 is 0. The molecule has 158 valence electrons. The first kappa shape index (κ1) is 19.4. The number of aryl methyl sites for hydroxylation is 1. The zero-order chi connectivity index (χ0) is 20.8. The number of piperazine rings is 1. The van der Waals surface area contributed by atoms with Gasteiger partial charge in [0.25, 0.3) is 5.91 Å². The summed E-state index contributed by atoms with van der Waals surface area (Å²) < 4.78 is 0. The summed E-state index contributed by atoms with van der Waals surface area (Å²) in [5, 5.41) is 0. The number of fused-ring (bicyclic) bond motifs is 1. The minimum atomic E-state index is 0.124. The number of benzene rings is 2. The summed E-state index contributed by atoms with van der Waals surface area (Å²) in [6, 6.07) is 15.9. The van der Waals surface area contributed by atoms with Gasteiger partial charge in [0.1, 0.15) is 0 Å². The lowest BCUT2D eigenvalue weighted by molar-refractivity contribution is 0.0982. The predicted molar refractivity (Wildman–Crippen MR) is 124 cm³/mol. The molecule has 2 aromatic carbocycles. The molecular formula is C25H32N4O. The lowest BCUT2D eigenvalue weighted by Gasteiger charge is -2.41. The molecule has 0 unspecified atom stereocenters. The SMILES string of the molecule is Cc1ccccc1N1CN(C2CC2)c2ccc(N3CCN(C(C)C)CC3)cc2C1=O. The summed E-state index contributed by atoms with van der Waals surface area (Å²) in [6.07, 6.45) is 2.43. The van der Waals surface area contributed by atoms with Gasteiger partial charge < -0.3 is 9.80 Å². The van der Waals surface area contributed by atoms with E-state index < -0.39 is 0 Å². The van der Waals surface area contributed by atoms with Gasteiger partial charge in [0.15, 0.2) is 0 Å². The van der Waals surface area contributed by atoms with Gasteiger partial charge in [0.2, 0.25) is 0 Å². The fraction of sp³-hybridized carbons (Fsp3) is 0.480. The highest BCUT2D eigenvalue weighted by Crippen LogP contribution is 2.40. The van der Waals surface area contributed by atoms with Crippen LogP contribution in [-0.2, 0) is 0 Å². The highest BCUT2D eigenvalue weighted by Gasteiger charge is 2.38. The topological polar surface area (TPSA) is 30.0 Å². The minimum Gasteiger partial charge on any atom is -0.369 e. The molecule has 30 heavy (non-hydrogen) atoms.